The number of aromatic nitrogens is 2. The van der Waals surface area contributed by atoms with E-state index in [1.54, 1.807) is 48.8 Å². The predicted molar refractivity (Wildman–Crippen MR) is 143 cm³/mol. The molecule has 0 atom stereocenters. The van der Waals surface area contributed by atoms with Crippen molar-refractivity contribution in [1.82, 2.24) is 9.97 Å². The zero-order chi connectivity index (χ0) is 33.0. The smallest absolute Gasteiger partial charge is 0.802 e. The standard InChI is InChI=1S/C10H8N2.C6H6N2.C6H5N2.2F6P.Ru/c1-3-7-11-9(5-1)10-6-2-4-8-12-10;2*7-5-3-1-2-4-6(5)8;2*1-7(2,3,4,5)6;/h1-8H;1-4,7-8H;1-4,7H;;;/q;;3*-1;+3. The first-order chi connectivity index (χ1) is 18.5. The summed E-state index contributed by atoms with van der Waals surface area (Å²) in [7, 11) is -21.3. The molecule has 21 heteroatoms. The molecule has 0 bridgehead atoms. The Morgan fingerprint density at radius 3 is 0.953 bits per heavy atom. The number of rotatable bonds is 1. The summed E-state index contributed by atoms with van der Waals surface area (Å²) >= 11 is 0. The molecule has 4 rings (SSSR count). The quantitative estimate of drug-likeness (QED) is 0.116. The van der Waals surface area contributed by atoms with E-state index in [4.69, 9.17) is 21.6 Å². The van der Waals surface area contributed by atoms with Gasteiger partial charge in [0.1, 0.15) is 0 Å². The third-order valence-electron chi connectivity index (χ3n) is 3.42. The maximum Gasteiger partial charge on any atom is 3.00 e. The van der Waals surface area contributed by atoms with E-state index in [-0.39, 0.29) is 42.3 Å². The Labute approximate surface area is 248 Å². The summed E-state index contributed by atoms with van der Waals surface area (Å²) < 4.78 is 118. The summed E-state index contributed by atoms with van der Waals surface area (Å²) in [6.45, 7) is 0. The van der Waals surface area contributed by atoms with E-state index in [0.29, 0.717) is 0 Å². The molecule has 0 saturated heterocycles. The van der Waals surface area contributed by atoms with E-state index >= 15 is 0 Å². The second-order valence-electron chi connectivity index (χ2n) is 7.41. The van der Waals surface area contributed by atoms with Crippen molar-refractivity contribution < 1.29 is 69.8 Å². The van der Waals surface area contributed by atoms with Crippen molar-refractivity contribution in [1.29, 1.82) is 16.2 Å². The van der Waals surface area contributed by atoms with Gasteiger partial charge in [-0.2, -0.15) is 0 Å². The minimum atomic E-state index is -10.7. The topological polar surface area (TPSA) is 120 Å². The van der Waals surface area contributed by atoms with Crippen LogP contribution in [0.25, 0.3) is 16.8 Å². The molecule has 0 aliphatic heterocycles. The van der Waals surface area contributed by atoms with Gasteiger partial charge in [0.05, 0.1) is 22.8 Å². The molecule has 239 valence electrons. The van der Waals surface area contributed by atoms with Crippen LogP contribution in [0.4, 0.5) is 50.4 Å². The fourth-order valence-corrected chi connectivity index (χ4v) is 1.99. The Morgan fingerprint density at radius 2 is 0.767 bits per heavy atom. The van der Waals surface area contributed by atoms with E-state index in [1.807, 2.05) is 36.4 Å². The monoisotopic (exact) mass is 759 g/mol. The molecule has 0 aromatic carbocycles. The number of nitrogens with zero attached hydrogens (tertiary/aromatic N) is 3. The molecular weight excluding hydrogens is 739 g/mol. The van der Waals surface area contributed by atoms with Crippen LogP contribution in [0, 0.1) is 16.2 Å². The summed E-state index contributed by atoms with van der Waals surface area (Å²) in [5.41, 5.74) is 2.61. The maximum atomic E-state index is 9.87. The average Bonchev–Trinajstić information content (AvgIpc) is 2.81. The Kier molecular flexibility index (Phi) is 13.5. The molecule has 43 heavy (non-hydrogen) atoms. The van der Waals surface area contributed by atoms with Crippen LogP contribution in [0.2, 0.25) is 0 Å². The molecule has 0 saturated carbocycles. The average molecular weight is 758 g/mol. The van der Waals surface area contributed by atoms with Crippen molar-refractivity contribution in [2.75, 3.05) is 0 Å². The van der Waals surface area contributed by atoms with Crippen LogP contribution in [-0.4, -0.2) is 32.8 Å². The van der Waals surface area contributed by atoms with E-state index < -0.39 is 15.6 Å². The van der Waals surface area contributed by atoms with E-state index in [9.17, 15) is 50.4 Å². The number of hydrogen-bond donors (Lipinski definition) is 3. The zero-order valence-corrected chi connectivity index (χ0v) is 24.4. The molecule has 2 aromatic heterocycles. The molecule has 0 spiro atoms. The van der Waals surface area contributed by atoms with E-state index in [0.717, 1.165) is 11.4 Å². The molecule has 0 fully saturated rings. The van der Waals surface area contributed by atoms with Gasteiger partial charge in [0.2, 0.25) is 0 Å². The normalized spacial score (nSPS) is 16.7. The largest absolute Gasteiger partial charge is 3.00 e. The maximum absolute atomic E-state index is 10.7. The van der Waals surface area contributed by atoms with Crippen molar-refractivity contribution in [2.45, 2.75) is 0 Å². The van der Waals surface area contributed by atoms with Crippen molar-refractivity contribution >= 4 is 38.5 Å². The van der Waals surface area contributed by atoms with Crippen LogP contribution >= 0.6 is 15.6 Å². The summed E-state index contributed by atoms with van der Waals surface area (Å²) in [5, 5.41) is 29.8. The Hall–Kier alpha value is -3.42. The molecular formula is C22H19F12N6P2Ru. The third kappa shape index (κ3) is 34.7. The van der Waals surface area contributed by atoms with Gasteiger partial charge in [-0.3, -0.25) is 20.8 Å². The van der Waals surface area contributed by atoms with Gasteiger partial charge in [-0.25, -0.2) is 0 Å². The van der Waals surface area contributed by atoms with Crippen LogP contribution in [0.5, 0.6) is 0 Å². The molecule has 2 aromatic rings. The van der Waals surface area contributed by atoms with Gasteiger partial charge in [-0.05, 0) is 42.5 Å². The van der Waals surface area contributed by atoms with E-state index in [1.165, 1.54) is 12.2 Å². The molecule has 1 radical (unpaired) electrons. The summed E-state index contributed by atoms with van der Waals surface area (Å²) in [6.07, 6.45) is 16.7. The Balaban J connectivity index is 0. The first-order valence-electron chi connectivity index (χ1n) is 10.4. The molecule has 0 amide bonds. The second kappa shape index (κ2) is 13.9. The number of pyridine rings is 2. The van der Waals surface area contributed by atoms with Gasteiger partial charge in [0.25, 0.3) is 0 Å². The van der Waals surface area contributed by atoms with Gasteiger partial charge in [0, 0.05) is 18.1 Å². The third-order valence-corrected chi connectivity index (χ3v) is 3.42. The molecule has 0 unspecified atom stereocenters. The summed E-state index contributed by atoms with van der Waals surface area (Å²) in [5.74, 6) is 0. The minimum absolute atomic E-state index is 0. The fourth-order valence-electron chi connectivity index (χ4n) is 1.99. The molecule has 2 aliphatic carbocycles. The number of nitrogens with one attached hydrogen (secondary N) is 3. The van der Waals surface area contributed by atoms with Gasteiger partial charge in [0.15, 0.2) is 0 Å². The molecule has 6 nitrogen and oxygen atoms in total. The molecule has 3 N–H and O–H groups in total. The van der Waals surface area contributed by atoms with E-state index in [2.05, 4.69) is 9.97 Å². The zero-order valence-electron chi connectivity index (χ0n) is 20.9. The first kappa shape index (κ1) is 41.7. The van der Waals surface area contributed by atoms with Gasteiger partial charge >= 0.3 is 85.5 Å². The van der Waals surface area contributed by atoms with Crippen LogP contribution in [0.1, 0.15) is 0 Å². The Bertz CT molecular complexity index is 1230. The van der Waals surface area contributed by atoms with Crippen molar-refractivity contribution in [2.24, 2.45) is 0 Å². The number of allylic oxidation sites excluding steroid dienone is 8. The first-order valence-corrected chi connectivity index (χ1v) is 14.5. The second-order valence-corrected chi connectivity index (χ2v) is 11.2. The fraction of sp³-hybridized carbons (Fsp3) is 0. The van der Waals surface area contributed by atoms with Gasteiger partial charge < -0.3 is 10.8 Å². The van der Waals surface area contributed by atoms with Crippen molar-refractivity contribution in [3.63, 3.8) is 0 Å². The van der Waals surface area contributed by atoms with Crippen LogP contribution < -0.4 is 0 Å². The van der Waals surface area contributed by atoms with Crippen molar-refractivity contribution in [3.05, 3.63) is 103 Å². The summed E-state index contributed by atoms with van der Waals surface area (Å²) in [6, 6.07) is 11.6. The Morgan fingerprint density at radius 1 is 0.488 bits per heavy atom. The number of halogens is 12. The minimum Gasteiger partial charge on any atom is -0.802 e. The SMILES string of the molecule is F[P-](F)(F)(F)(F)F.F[P-](F)(F)(F)(F)F.N=C1C=CC=CC1=N.[N-]=C1C=CC=CC1=N.[Ru+3].c1ccc(-c2ccccn2)nc1. The van der Waals surface area contributed by atoms with Crippen LogP contribution in [0.3, 0.4) is 0 Å². The van der Waals surface area contributed by atoms with Gasteiger partial charge in [-0.1, -0.05) is 42.5 Å². The van der Waals surface area contributed by atoms with Crippen molar-refractivity contribution in [3.8, 4) is 11.4 Å². The molecule has 2 aliphatic rings. The number of hydrogen-bond acceptors (Lipinski definition) is 5. The van der Waals surface area contributed by atoms with Gasteiger partial charge in [-0.15, -0.1) is 5.71 Å². The summed E-state index contributed by atoms with van der Waals surface area (Å²) in [4.78, 5) is 8.37. The molecule has 2 heterocycles. The predicted octanol–water partition coefficient (Wildman–Crippen LogP) is 11.2. The van der Waals surface area contributed by atoms with Crippen LogP contribution in [-0.2, 0) is 19.5 Å². The van der Waals surface area contributed by atoms with Crippen LogP contribution in [0.15, 0.2) is 97.4 Å².